The Hall–Kier alpha value is -2.42. The van der Waals surface area contributed by atoms with Gasteiger partial charge in [-0.3, -0.25) is 4.79 Å². The van der Waals surface area contributed by atoms with Crippen molar-refractivity contribution in [1.29, 1.82) is 0 Å². The highest BCUT2D eigenvalue weighted by Crippen LogP contribution is 2.29. The van der Waals surface area contributed by atoms with E-state index >= 15 is 0 Å². The first-order valence-electron chi connectivity index (χ1n) is 9.22. The van der Waals surface area contributed by atoms with Crippen molar-refractivity contribution < 1.29 is 27.2 Å². The van der Waals surface area contributed by atoms with Crippen molar-refractivity contribution in [2.45, 2.75) is 58.0 Å². The summed E-state index contributed by atoms with van der Waals surface area (Å²) in [4.78, 5) is 18.0. The molecule has 2 heterocycles. The van der Waals surface area contributed by atoms with E-state index in [0.717, 1.165) is 24.8 Å². The SMILES string of the molecule is CCC(C)N(Cc1ccc(-c2noc(C(F)(F)F)n2)cc1)C(=O)C1CCCO1. The van der Waals surface area contributed by atoms with Crippen LogP contribution in [-0.2, 0) is 22.3 Å². The van der Waals surface area contributed by atoms with Crippen LogP contribution in [0, 0.1) is 0 Å². The normalized spacial score (nSPS) is 18.2. The molecule has 0 spiro atoms. The van der Waals surface area contributed by atoms with Gasteiger partial charge in [-0.05, 0) is 31.7 Å². The van der Waals surface area contributed by atoms with E-state index in [1.165, 1.54) is 0 Å². The fourth-order valence-electron chi connectivity index (χ4n) is 3.04. The molecule has 152 valence electrons. The number of amides is 1. The Kier molecular flexibility index (Phi) is 6.02. The summed E-state index contributed by atoms with van der Waals surface area (Å²) in [6.07, 6.45) is -2.66. The van der Waals surface area contributed by atoms with E-state index < -0.39 is 18.2 Å². The molecule has 3 rings (SSSR count). The van der Waals surface area contributed by atoms with Crippen LogP contribution in [-0.4, -0.2) is 39.7 Å². The van der Waals surface area contributed by atoms with Crippen molar-refractivity contribution in [3.05, 3.63) is 35.7 Å². The Bertz CT molecular complexity index is 799. The van der Waals surface area contributed by atoms with E-state index in [-0.39, 0.29) is 17.8 Å². The van der Waals surface area contributed by atoms with Gasteiger partial charge >= 0.3 is 12.1 Å². The highest BCUT2D eigenvalue weighted by atomic mass is 19.4. The number of hydrogen-bond donors (Lipinski definition) is 0. The number of halogens is 3. The van der Waals surface area contributed by atoms with Crippen LogP contribution in [0.15, 0.2) is 28.8 Å². The summed E-state index contributed by atoms with van der Waals surface area (Å²) in [5, 5.41) is 3.38. The molecule has 0 radical (unpaired) electrons. The van der Waals surface area contributed by atoms with Gasteiger partial charge in [-0.25, -0.2) is 0 Å². The van der Waals surface area contributed by atoms with Crippen molar-refractivity contribution in [1.82, 2.24) is 15.0 Å². The van der Waals surface area contributed by atoms with Crippen LogP contribution >= 0.6 is 0 Å². The van der Waals surface area contributed by atoms with Crippen molar-refractivity contribution in [2.24, 2.45) is 0 Å². The highest BCUT2D eigenvalue weighted by Gasteiger charge is 2.38. The molecule has 2 atom stereocenters. The third-order valence-corrected chi connectivity index (χ3v) is 4.84. The molecule has 0 aliphatic carbocycles. The Morgan fingerprint density at radius 3 is 2.57 bits per heavy atom. The Balaban J connectivity index is 1.74. The second-order valence-corrected chi connectivity index (χ2v) is 6.84. The minimum atomic E-state index is -4.68. The zero-order valence-corrected chi connectivity index (χ0v) is 15.7. The lowest BCUT2D eigenvalue weighted by Crippen LogP contribution is -2.43. The lowest BCUT2D eigenvalue weighted by Gasteiger charge is -2.30. The lowest BCUT2D eigenvalue weighted by atomic mass is 10.1. The second kappa shape index (κ2) is 8.30. The van der Waals surface area contributed by atoms with Crippen LogP contribution < -0.4 is 0 Å². The van der Waals surface area contributed by atoms with Gasteiger partial charge in [0, 0.05) is 24.8 Å². The zero-order valence-electron chi connectivity index (χ0n) is 15.7. The second-order valence-electron chi connectivity index (χ2n) is 6.84. The minimum absolute atomic E-state index is 0.0242. The molecule has 2 aromatic rings. The molecule has 0 bridgehead atoms. The highest BCUT2D eigenvalue weighted by molar-refractivity contribution is 5.81. The quantitative estimate of drug-likeness (QED) is 0.735. The number of aromatic nitrogens is 2. The average Bonchev–Trinajstić information content (AvgIpc) is 3.37. The molecule has 1 aliphatic rings. The summed E-state index contributed by atoms with van der Waals surface area (Å²) in [7, 11) is 0. The number of hydrogen-bond acceptors (Lipinski definition) is 5. The molecule has 1 amide bonds. The number of carbonyl (C=O) groups is 1. The first-order valence-corrected chi connectivity index (χ1v) is 9.22. The molecule has 1 aliphatic heterocycles. The Morgan fingerprint density at radius 1 is 1.32 bits per heavy atom. The predicted molar refractivity (Wildman–Crippen MR) is 94.0 cm³/mol. The molecule has 9 heteroatoms. The molecular formula is C19H22F3N3O3. The van der Waals surface area contributed by atoms with Gasteiger partial charge in [0.25, 0.3) is 5.91 Å². The molecule has 1 fully saturated rings. The maximum absolute atomic E-state index is 12.8. The predicted octanol–water partition coefficient (Wildman–Crippen LogP) is 4.06. The number of ether oxygens (including phenoxy) is 1. The van der Waals surface area contributed by atoms with Gasteiger partial charge in [-0.2, -0.15) is 18.2 Å². The van der Waals surface area contributed by atoms with E-state index in [9.17, 15) is 18.0 Å². The molecule has 28 heavy (non-hydrogen) atoms. The Labute approximate surface area is 160 Å². The maximum atomic E-state index is 12.8. The Morgan fingerprint density at radius 2 is 2.04 bits per heavy atom. The van der Waals surface area contributed by atoms with Gasteiger partial charge < -0.3 is 14.2 Å². The molecular weight excluding hydrogens is 375 g/mol. The molecule has 1 saturated heterocycles. The zero-order chi connectivity index (χ0) is 20.3. The van der Waals surface area contributed by atoms with E-state index in [2.05, 4.69) is 14.7 Å². The van der Waals surface area contributed by atoms with Crippen LogP contribution in [0.25, 0.3) is 11.4 Å². The molecule has 2 unspecified atom stereocenters. The molecule has 0 saturated carbocycles. The van der Waals surface area contributed by atoms with Gasteiger partial charge in [0.05, 0.1) is 0 Å². The van der Waals surface area contributed by atoms with Crippen LogP contribution in [0.1, 0.15) is 44.6 Å². The number of rotatable bonds is 6. The summed E-state index contributed by atoms with van der Waals surface area (Å²) >= 11 is 0. The van der Waals surface area contributed by atoms with Crippen molar-refractivity contribution >= 4 is 5.91 Å². The number of benzene rings is 1. The summed E-state index contributed by atoms with van der Waals surface area (Å²) in [6.45, 7) is 5.00. The number of carbonyl (C=O) groups excluding carboxylic acids is 1. The lowest BCUT2D eigenvalue weighted by molar-refractivity contribution is -0.159. The average molecular weight is 397 g/mol. The third-order valence-electron chi connectivity index (χ3n) is 4.84. The van der Waals surface area contributed by atoms with E-state index in [4.69, 9.17) is 4.74 Å². The minimum Gasteiger partial charge on any atom is -0.368 e. The van der Waals surface area contributed by atoms with Gasteiger partial charge in [0.1, 0.15) is 6.10 Å². The molecule has 6 nitrogen and oxygen atoms in total. The maximum Gasteiger partial charge on any atom is 0.471 e. The first kappa shape index (κ1) is 20.3. The monoisotopic (exact) mass is 397 g/mol. The van der Waals surface area contributed by atoms with Crippen molar-refractivity contribution in [3.8, 4) is 11.4 Å². The fourth-order valence-corrected chi connectivity index (χ4v) is 3.04. The topological polar surface area (TPSA) is 68.5 Å². The van der Waals surface area contributed by atoms with E-state index in [1.807, 2.05) is 13.8 Å². The van der Waals surface area contributed by atoms with E-state index in [1.54, 1.807) is 29.2 Å². The van der Waals surface area contributed by atoms with Crippen LogP contribution in [0.2, 0.25) is 0 Å². The molecule has 0 N–H and O–H groups in total. The van der Waals surface area contributed by atoms with Gasteiger partial charge in [0.2, 0.25) is 5.82 Å². The fraction of sp³-hybridized carbons (Fsp3) is 0.526. The smallest absolute Gasteiger partial charge is 0.368 e. The van der Waals surface area contributed by atoms with Gasteiger partial charge in [0.15, 0.2) is 0 Å². The summed E-state index contributed by atoms with van der Waals surface area (Å²) in [6, 6.07) is 6.77. The summed E-state index contributed by atoms with van der Waals surface area (Å²) < 4.78 is 47.6. The van der Waals surface area contributed by atoms with Gasteiger partial charge in [-0.1, -0.05) is 36.3 Å². The van der Waals surface area contributed by atoms with Crippen LogP contribution in [0.3, 0.4) is 0 Å². The largest absolute Gasteiger partial charge is 0.471 e. The van der Waals surface area contributed by atoms with Crippen molar-refractivity contribution in [2.75, 3.05) is 6.61 Å². The summed E-state index contributed by atoms with van der Waals surface area (Å²) in [5.74, 6) is -1.53. The van der Waals surface area contributed by atoms with Crippen LogP contribution in [0.4, 0.5) is 13.2 Å². The molecule has 1 aromatic carbocycles. The van der Waals surface area contributed by atoms with E-state index in [0.29, 0.717) is 18.7 Å². The van der Waals surface area contributed by atoms with Crippen LogP contribution in [0.5, 0.6) is 0 Å². The standard InChI is InChI=1S/C19H22F3N3O3/c1-3-12(2)25(17(26)15-5-4-10-27-15)11-13-6-8-14(9-7-13)16-23-18(28-24-16)19(20,21)22/h6-9,12,15H,3-5,10-11H2,1-2H3. The summed E-state index contributed by atoms with van der Waals surface area (Å²) in [5.41, 5.74) is 1.26. The van der Waals surface area contributed by atoms with Gasteiger partial charge in [-0.15, -0.1) is 0 Å². The van der Waals surface area contributed by atoms with Crippen molar-refractivity contribution in [3.63, 3.8) is 0 Å². The number of alkyl halides is 3. The molecule has 1 aromatic heterocycles. The third kappa shape index (κ3) is 4.52. The number of nitrogens with zero attached hydrogens (tertiary/aromatic N) is 3. The first-order chi connectivity index (χ1) is 13.3.